The third kappa shape index (κ3) is 4.75. The molecule has 3 nitrogen and oxygen atoms in total. The second-order valence-electron chi connectivity index (χ2n) is 13.7. The molecule has 0 bridgehead atoms. The maximum Gasteiger partial charge on any atom is 0.137 e. The SMILES string of the molecule is c1ccc(-c2cc3oc4ccccc4c3c3ccc(N(c4ccc(-c5ccc6ccccc6c5)cc4)c4cccc5oc6ccccc6c45)cc23)cc1. The topological polar surface area (TPSA) is 29.5 Å². The molecule has 0 aliphatic rings. The Balaban J connectivity index is 1.16. The van der Waals surface area contributed by atoms with E-state index in [0.717, 1.165) is 82.8 Å². The maximum absolute atomic E-state index is 6.47. The molecule has 0 atom stereocenters. The minimum Gasteiger partial charge on any atom is -0.456 e. The molecule has 0 amide bonds. The molecule has 0 spiro atoms. The number of benzene rings is 9. The Hall–Kier alpha value is -7.10. The molecule has 0 N–H and O–H groups in total. The van der Waals surface area contributed by atoms with Gasteiger partial charge in [0.05, 0.1) is 11.1 Å². The van der Waals surface area contributed by atoms with Crippen molar-refractivity contribution in [3.05, 3.63) is 188 Å². The van der Waals surface area contributed by atoms with Gasteiger partial charge in [0.15, 0.2) is 0 Å². The summed E-state index contributed by atoms with van der Waals surface area (Å²) in [5, 5.41) is 9.23. The van der Waals surface area contributed by atoms with Crippen LogP contribution in [0.4, 0.5) is 17.1 Å². The fourth-order valence-corrected chi connectivity index (χ4v) is 8.16. The minimum atomic E-state index is 0.860. The summed E-state index contributed by atoms with van der Waals surface area (Å²) in [4.78, 5) is 2.38. The number of fused-ring (bicyclic) bond motifs is 9. The minimum absolute atomic E-state index is 0.860. The summed E-state index contributed by atoms with van der Waals surface area (Å²) in [5.74, 6) is 0. The molecule has 9 aromatic carbocycles. The molecule has 0 aliphatic carbocycles. The number of anilines is 3. The van der Waals surface area contributed by atoms with Crippen LogP contribution in [0.25, 0.3) is 87.7 Å². The van der Waals surface area contributed by atoms with Gasteiger partial charge in [0.1, 0.15) is 22.3 Å². The third-order valence-corrected chi connectivity index (χ3v) is 10.6. The number of hydrogen-bond donors (Lipinski definition) is 0. The van der Waals surface area contributed by atoms with E-state index in [1.807, 2.05) is 18.2 Å². The Morgan fingerprint density at radius 2 is 0.962 bits per heavy atom. The summed E-state index contributed by atoms with van der Waals surface area (Å²) in [6.45, 7) is 0. The van der Waals surface area contributed by atoms with Gasteiger partial charge in [-0.05, 0) is 104 Å². The Morgan fingerprint density at radius 3 is 1.77 bits per heavy atom. The lowest BCUT2D eigenvalue weighted by Gasteiger charge is -2.27. The Morgan fingerprint density at radius 1 is 0.321 bits per heavy atom. The van der Waals surface area contributed by atoms with Crippen LogP contribution in [0.15, 0.2) is 197 Å². The van der Waals surface area contributed by atoms with Crippen LogP contribution in [0.2, 0.25) is 0 Å². The first-order valence-corrected chi connectivity index (χ1v) is 18.0. The zero-order valence-electron chi connectivity index (χ0n) is 28.7. The van der Waals surface area contributed by atoms with Crippen LogP contribution in [0, 0.1) is 0 Å². The molecule has 2 aromatic heterocycles. The average molecular weight is 678 g/mol. The van der Waals surface area contributed by atoms with Crippen molar-refractivity contribution in [1.29, 1.82) is 0 Å². The van der Waals surface area contributed by atoms with Crippen molar-refractivity contribution in [2.75, 3.05) is 4.90 Å². The monoisotopic (exact) mass is 677 g/mol. The first-order valence-electron chi connectivity index (χ1n) is 18.0. The fourth-order valence-electron chi connectivity index (χ4n) is 8.16. The van der Waals surface area contributed by atoms with Crippen molar-refractivity contribution in [2.45, 2.75) is 0 Å². The predicted molar refractivity (Wildman–Crippen MR) is 222 cm³/mol. The molecule has 0 aliphatic heterocycles. The van der Waals surface area contributed by atoms with Gasteiger partial charge in [-0.1, -0.05) is 127 Å². The summed E-state index contributed by atoms with van der Waals surface area (Å²) in [6, 6.07) is 66.8. The summed E-state index contributed by atoms with van der Waals surface area (Å²) >= 11 is 0. The number of nitrogens with zero attached hydrogens (tertiary/aromatic N) is 1. The molecule has 11 rings (SSSR count). The van der Waals surface area contributed by atoms with Crippen molar-refractivity contribution in [1.82, 2.24) is 0 Å². The van der Waals surface area contributed by atoms with E-state index in [0.29, 0.717) is 0 Å². The van der Waals surface area contributed by atoms with Crippen LogP contribution in [0.1, 0.15) is 0 Å². The summed E-state index contributed by atoms with van der Waals surface area (Å²) in [7, 11) is 0. The van der Waals surface area contributed by atoms with E-state index in [1.165, 1.54) is 21.9 Å². The van der Waals surface area contributed by atoms with Gasteiger partial charge >= 0.3 is 0 Å². The molecule has 0 radical (unpaired) electrons. The normalized spacial score (nSPS) is 11.8. The van der Waals surface area contributed by atoms with E-state index in [9.17, 15) is 0 Å². The quantitative estimate of drug-likeness (QED) is 0.182. The lowest BCUT2D eigenvalue weighted by molar-refractivity contribution is 0.668. The maximum atomic E-state index is 6.47. The van der Waals surface area contributed by atoms with Crippen LogP contribution in [0.5, 0.6) is 0 Å². The first kappa shape index (κ1) is 29.6. The zero-order chi connectivity index (χ0) is 34.9. The van der Waals surface area contributed by atoms with Gasteiger partial charge in [0.25, 0.3) is 0 Å². The zero-order valence-corrected chi connectivity index (χ0v) is 28.7. The number of para-hydroxylation sites is 2. The van der Waals surface area contributed by atoms with Crippen LogP contribution >= 0.6 is 0 Å². The molecular weight excluding hydrogens is 647 g/mol. The predicted octanol–water partition coefficient (Wildman–Crippen LogP) is 14.6. The molecule has 11 aromatic rings. The van der Waals surface area contributed by atoms with Gasteiger partial charge in [-0.15, -0.1) is 0 Å². The van der Waals surface area contributed by atoms with Crippen LogP contribution in [-0.2, 0) is 0 Å². The highest BCUT2D eigenvalue weighted by molar-refractivity contribution is 6.23. The van der Waals surface area contributed by atoms with E-state index in [4.69, 9.17) is 8.83 Å². The highest BCUT2D eigenvalue weighted by Gasteiger charge is 2.22. The average Bonchev–Trinajstić information content (AvgIpc) is 3.80. The molecule has 2 heterocycles. The van der Waals surface area contributed by atoms with Crippen LogP contribution < -0.4 is 4.90 Å². The van der Waals surface area contributed by atoms with Gasteiger partial charge in [0, 0.05) is 27.5 Å². The number of hydrogen-bond acceptors (Lipinski definition) is 3. The van der Waals surface area contributed by atoms with E-state index >= 15 is 0 Å². The molecular formula is C50H31NO2. The molecule has 0 saturated carbocycles. The molecule has 0 saturated heterocycles. The van der Waals surface area contributed by atoms with Crippen molar-refractivity contribution in [2.24, 2.45) is 0 Å². The molecule has 0 fully saturated rings. The standard InChI is InChI=1S/C50H31NO2/c1-2-12-34(13-3-1)42-31-48-49(40-15-6-8-18-45(40)53-48)39-28-27-38(30-43(39)42)51(44-17-10-20-47-50(44)41-16-7-9-19-46(41)52-47)37-25-23-33(24-26-37)36-22-21-32-11-4-5-14-35(32)29-36/h1-31H. The summed E-state index contributed by atoms with van der Waals surface area (Å²) in [6.07, 6.45) is 0. The van der Waals surface area contributed by atoms with Gasteiger partial charge < -0.3 is 13.7 Å². The fraction of sp³-hybridized carbons (Fsp3) is 0. The largest absolute Gasteiger partial charge is 0.456 e. The summed E-state index contributed by atoms with van der Waals surface area (Å²) < 4.78 is 12.9. The lowest BCUT2D eigenvalue weighted by Crippen LogP contribution is -2.10. The van der Waals surface area contributed by atoms with Gasteiger partial charge in [-0.25, -0.2) is 0 Å². The number of furan rings is 2. The van der Waals surface area contributed by atoms with Crippen molar-refractivity contribution >= 4 is 82.5 Å². The van der Waals surface area contributed by atoms with Gasteiger partial charge in [-0.3, -0.25) is 0 Å². The smallest absolute Gasteiger partial charge is 0.137 e. The highest BCUT2D eigenvalue weighted by Crippen LogP contribution is 2.46. The van der Waals surface area contributed by atoms with E-state index in [2.05, 4.69) is 175 Å². The number of rotatable bonds is 5. The van der Waals surface area contributed by atoms with Crippen LogP contribution in [-0.4, -0.2) is 0 Å². The van der Waals surface area contributed by atoms with Gasteiger partial charge in [0.2, 0.25) is 0 Å². The van der Waals surface area contributed by atoms with Crippen molar-refractivity contribution in [3.63, 3.8) is 0 Å². The molecule has 3 heteroatoms. The molecule has 248 valence electrons. The lowest BCUT2D eigenvalue weighted by atomic mass is 9.94. The molecule has 53 heavy (non-hydrogen) atoms. The second kappa shape index (κ2) is 11.7. The molecule has 0 unspecified atom stereocenters. The Kier molecular flexibility index (Phi) is 6.55. The second-order valence-corrected chi connectivity index (χ2v) is 13.7. The highest BCUT2D eigenvalue weighted by atomic mass is 16.3. The summed E-state index contributed by atoms with van der Waals surface area (Å²) in [5.41, 5.74) is 11.3. The Labute approximate surface area is 305 Å². The van der Waals surface area contributed by atoms with Gasteiger partial charge in [-0.2, -0.15) is 0 Å². The van der Waals surface area contributed by atoms with E-state index in [-0.39, 0.29) is 0 Å². The Bertz CT molecular complexity index is 3170. The van der Waals surface area contributed by atoms with Crippen LogP contribution in [0.3, 0.4) is 0 Å². The van der Waals surface area contributed by atoms with Crippen molar-refractivity contribution in [3.8, 4) is 22.3 Å². The third-order valence-electron chi connectivity index (χ3n) is 10.6. The van der Waals surface area contributed by atoms with E-state index in [1.54, 1.807) is 0 Å². The van der Waals surface area contributed by atoms with E-state index < -0.39 is 0 Å². The first-order chi connectivity index (χ1) is 26.3. The van der Waals surface area contributed by atoms with Crippen molar-refractivity contribution < 1.29 is 8.83 Å².